The molecule has 3 aromatic rings. The van der Waals surface area contributed by atoms with E-state index in [2.05, 4.69) is 14.6 Å². The molecule has 0 radical (unpaired) electrons. The lowest BCUT2D eigenvalue weighted by molar-refractivity contribution is -0.286. The number of aromatic nitrogens is 2. The van der Waals surface area contributed by atoms with Gasteiger partial charge in [0.2, 0.25) is 0 Å². The molecule has 0 unspecified atom stereocenters. The number of alkyl halides is 5. The zero-order valence-corrected chi connectivity index (χ0v) is 20.4. The number of benzene rings is 2. The summed E-state index contributed by atoms with van der Waals surface area (Å²) in [5.41, 5.74) is -1.02. The number of nitrogens with zero attached hydrogens (tertiary/aromatic N) is 3. The van der Waals surface area contributed by atoms with Crippen LogP contribution in [0.4, 0.5) is 27.6 Å². The number of anilines is 1. The Balaban J connectivity index is 1.29. The summed E-state index contributed by atoms with van der Waals surface area (Å²) in [6, 6.07) is 9.69. The standard InChI is InChI=1S/C25H19ClF5N3O4/c1-33(15-5-6-18-19(8-15)38-25(30,31)37-18)22(35)14-3-2-4-16(7-14)34-17(12-36-23-9-13(10-23)11-23)20(26)21(32-34)24(27,28)29/h2-8,13H,9-12H2,1H3. The number of carbonyl (C=O) groups is 1. The van der Waals surface area contributed by atoms with Crippen molar-refractivity contribution in [2.75, 3.05) is 11.9 Å². The Morgan fingerprint density at radius 1 is 1.16 bits per heavy atom. The van der Waals surface area contributed by atoms with Gasteiger partial charge in [0.1, 0.15) is 0 Å². The van der Waals surface area contributed by atoms with Gasteiger partial charge < -0.3 is 19.1 Å². The van der Waals surface area contributed by atoms with E-state index in [0.29, 0.717) is 5.92 Å². The summed E-state index contributed by atoms with van der Waals surface area (Å²) in [7, 11) is 1.42. The molecule has 3 aliphatic carbocycles. The van der Waals surface area contributed by atoms with Gasteiger partial charge >= 0.3 is 12.5 Å². The van der Waals surface area contributed by atoms with Crippen molar-refractivity contribution in [3.8, 4) is 17.2 Å². The molecule has 0 spiro atoms. The highest BCUT2D eigenvalue weighted by Crippen LogP contribution is 2.59. The fourth-order valence-corrected chi connectivity index (χ4v) is 5.26. The molecule has 200 valence electrons. The van der Waals surface area contributed by atoms with Gasteiger partial charge in [-0.2, -0.15) is 18.3 Å². The number of fused-ring (bicyclic) bond motifs is 1. The molecule has 1 aliphatic heterocycles. The van der Waals surface area contributed by atoms with Crippen LogP contribution in [-0.4, -0.2) is 34.6 Å². The molecule has 38 heavy (non-hydrogen) atoms. The zero-order chi connectivity index (χ0) is 27.0. The summed E-state index contributed by atoms with van der Waals surface area (Å²) < 4.78 is 83.4. The summed E-state index contributed by atoms with van der Waals surface area (Å²) in [6.07, 6.45) is -5.98. The normalized spacial score (nSPS) is 22.6. The third kappa shape index (κ3) is 4.15. The molecule has 0 saturated heterocycles. The first-order valence-corrected chi connectivity index (χ1v) is 12.0. The van der Waals surface area contributed by atoms with Crippen LogP contribution >= 0.6 is 11.6 Å². The predicted octanol–water partition coefficient (Wildman–Crippen LogP) is 6.21. The highest BCUT2D eigenvalue weighted by Gasteiger charge is 2.58. The van der Waals surface area contributed by atoms with E-state index in [1.54, 1.807) is 0 Å². The van der Waals surface area contributed by atoms with Crippen LogP contribution in [-0.2, 0) is 17.5 Å². The average molecular weight is 556 g/mol. The zero-order valence-electron chi connectivity index (χ0n) is 19.7. The first-order chi connectivity index (χ1) is 17.8. The number of halogens is 6. The number of hydrogen-bond donors (Lipinski definition) is 0. The van der Waals surface area contributed by atoms with Crippen LogP contribution in [0.15, 0.2) is 42.5 Å². The third-order valence-corrected chi connectivity index (χ3v) is 7.49. The first-order valence-electron chi connectivity index (χ1n) is 11.6. The summed E-state index contributed by atoms with van der Waals surface area (Å²) >= 11 is 6.13. The second-order valence-corrected chi connectivity index (χ2v) is 10.1. The van der Waals surface area contributed by atoms with E-state index < -0.39 is 29.1 Å². The van der Waals surface area contributed by atoms with E-state index in [-0.39, 0.29) is 46.3 Å². The van der Waals surface area contributed by atoms with Crippen molar-refractivity contribution in [3.63, 3.8) is 0 Å². The number of amides is 1. The molecule has 0 N–H and O–H groups in total. The van der Waals surface area contributed by atoms with Crippen LogP contribution < -0.4 is 14.4 Å². The quantitative estimate of drug-likeness (QED) is 0.338. The highest BCUT2D eigenvalue weighted by atomic mass is 35.5. The van der Waals surface area contributed by atoms with E-state index in [1.807, 2.05) is 0 Å². The van der Waals surface area contributed by atoms with Crippen LogP contribution in [0.2, 0.25) is 5.02 Å². The fraction of sp³-hybridized carbons (Fsp3) is 0.360. The Morgan fingerprint density at radius 2 is 1.87 bits per heavy atom. The van der Waals surface area contributed by atoms with Gasteiger partial charge in [-0.05, 0) is 55.5 Å². The van der Waals surface area contributed by atoms with Crippen molar-refractivity contribution in [2.24, 2.45) is 5.92 Å². The number of hydrogen-bond acceptors (Lipinski definition) is 5. The van der Waals surface area contributed by atoms with E-state index >= 15 is 0 Å². The van der Waals surface area contributed by atoms with E-state index in [0.717, 1.165) is 23.9 Å². The lowest BCUT2D eigenvalue weighted by Gasteiger charge is -2.60. The number of carbonyl (C=O) groups excluding carboxylic acids is 1. The molecule has 1 aromatic heterocycles. The number of ether oxygens (including phenoxy) is 3. The summed E-state index contributed by atoms with van der Waals surface area (Å²) in [4.78, 5) is 14.4. The maximum atomic E-state index is 13.6. The molecule has 7 nitrogen and oxygen atoms in total. The smallest absolute Gasteiger partial charge is 0.395 e. The van der Waals surface area contributed by atoms with Gasteiger partial charge in [-0.15, -0.1) is 8.78 Å². The topological polar surface area (TPSA) is 65.8 Å². The molecule has 3 fully saturated rings. The van der Waals surface area contributed by atoms with Crippen molar-refractivity contribution in [1.82, 2.24) is 9.78 Å². The van der Waals surface area contributed by atoms with Gasteiger partial charge in [-0.25, -0.2) is 4.68 Å². The molecule has 4 aliphatic rings. The summed E-state index contributed by atoms with van der Waals surface area (Å²) in [6.45, 7) is -0.172. The van der Waals surface area contributed by atoms with Crippen LogP contribution in [0.3, 0.4) is 0 Å². The number of rotatable bonds is 6. The van der Waals surface area contributed by atoms with E-state index in [9.17, 15) is 26.7 Å². The minimum absolute atomic E-state index is 0.0263. The Bertz CT molecular complexity index is 1440. The molecular formula is C25H19ClF5N3O4. The monoisotopic (exact) mass is 555 g/mol. The van der Waals surface area contributed by atoms with Gasteiger partial charge in [0.05, 0.1) is 28.6 Å². The second-order valence-electron chi connectivity index (χ2n) is 9.68. The minimum atomic E-state index is -4.79. The van der Waals surface area contributed by atoms with Gasteiger partial charge in [-0.1, -0.05) is 17.7 Å². The van der Waals surface area contributed by atoms with Gasteiger partial charge in [-0.3, -0.25) is 4.79 Å². The molecule has 1 amide bonds. The molecular weight excluding hydrogens is 537 g/mol. The second kappa shape index (κ2) is 8.31. The van der Waals surface area contributed by atoms with Crippen LogP contribution in [0.5, 0.6) is 11.5 Å². The Morgan fingerprint density at radius 3 is 2.53 bits per heavy atom. The summed E-state index contributed by atoms with van der Waals surface area (Å²) in [5, 5.41) is 3.16. The highest BCUT2D eigenvalue weighted by molar-refractivity contribution is 6.32. The molecule has 2 bridgehead atoms. The average Bonchev–Trinajstić information content (AvgIpc) is 3.30. The Labute approximate surface area is 217 Å². The lowest BCUT2D eigenvalue weighted by Crippen LogP contribution is -2.59. The van der Waals surface area contributed by atoms with E-state index in [4.69, 9.17) is 16.3 Å². The van der Waals surface area contributed by atoms with E-state index in [1.165, 1.54) is 54.4 Å². The Kier molecular flexibility index (Phi) is 5.45. The van der Waals surface area contributed by atoms with Crippen LogP contribution in [0, 0.1) is 5.92 Å². The largest absolute Gasteiger partial charge is 0.586 e. The van der Waals surface area contributed by atoms with Crippen molar-refractivity contribution in [1.29, 1.82) is 0 Å². The van der Waals surface area contributed by atoms with Crippen LogP contribution in [0.25, 0.3) is 5.69 Å². The molecule has 2 aromatic carbocycles. The molecule has 13 heteroatoms. The first kappa shape index (κ1) is 24.9. The summed E-state index contributed by atoms with van der Waals surface area (Å²) in [5.74, 6) is -0.355. The SMILES string of the molecule is CN(C(=O)c1cccc(-n2nc(C(F)(F)F)c(Cl)c2COC23CC(C2)C3)c1)c1ccc2c(c1)OC(F)(F)O2. The van der Waals surface area contributed by atoms with Crippen molar-refractivity contribution >= 4 is 23.2 Å². The van der Waals surface area contributed by atoms with Gasteiger partial charge in [0.25, 0.3) is 5.91 Å². The van der Waals surface area contributed by atoms with Crippen molar-refractivity contribution in [3.05, 3.63) is 64.4 Å². The van der Waals surface area contributed by atoms with Gasteiger partial charge in [0, 0.05) is 24.4 Å². The van der Waals surface area contributed by atoms with Crippen LogP contribution in [0.1, 0.15) is 41.0 Å². The predicted molar refractivity (Wildman–Crippen MR) is 124 cm³/mol. The van der Waals surface area contributed by atoms with Crippen molar-refractivity contribution < 1.29 is 41.0 Å². The fourth-order valence-electron chi connectivity index (χ4n) is 4.98. The lowest BCUT2D eigenvalue weighted by atomic mass is 9.52. The minimum Gasteiger partial charge on any atom is -0.395 e. The molecule has 2 heterocycles. The third-order valence-electron chi connectivity index (χ3n) is 7.10. The molecule has 3 saturated carbocycles. The Hall–Kier alpha value is -3.38. The molecule has 7 rings (SSSR count). The molecule has 0 atom stereocenters. The van der Waals surface area contributed by atoms with Crippen molar-refractivity contribution in [2.45, 2.75) is 43.9 Å². The maximum absolute atomic E-state index is 13.6. The maximum Gasteiger partial charge on any atom is 0.586 e. The van der Waals surface area contributed by atoms with Gasteiger partial charge in [0.15, 0.2) is 17.2 Å².